The number of hydrogen-bond donors (Lipinski definition) is 3. The summed E-state index contributed by atoms with van der Waals surface area (Å²) in [5.41, 5.74) is 6.35. The third-order valence-corrected chi connectivity index (χ3v) is 2.34. The SMILES string of the molecule is CC(CC(O)CN)c1cccc(O)c1. The van der Waals surface area contributed by atoms with Crippen molar-refractivity contribution in [2.45, 2.75) is 25.4 Å². The quantitative estimate of drug-likeness (QED) is 0.676. The predicted octanol–water partition coefficient (Wildman–Crippen LogP) is 1.21. The molecule has 2 atom stereocenters. The topological polar surface area (TPSA) is 66.5 Å². The van der Waals surface area contributed by atoms with Gasteiger partial charge in [0.1, 0.15) is 5.75 Å². The van der Waals surface area contributed by atoms with Crippen LogP contribution in [0.2, 0.25) is 0 Å². The summed E-state index contributed by atoms with van der Waals surface area (Å²) < 4.78 is 0. The van der Waals surface area contributed by atoms with Crippen molar-refractivity contribution in [2.75, 3.05) is 6.54 Å². The summed E-state index contributed by atoms with van der Waals surface area (Å²) in [7, 11) is 0. The zero-order valence-electron chi connectivity index (χ0n) is 8.35. The highest BCUT2D eigenvalue weighted by molar-refractivity contribution is 5.29. The summed E-state index contributed by atoms with van der Waals surface area (Å²) >= 11 is 0. The van der Waals surface area contributed by atoms with E-state index in [-0.39, 0.29) is 18.2 Å². The number of benzene rings is 1. The molecule has 0 aliphatic carbocycles. The van der Waals surface area contributed by atoms with E-state index in [2.05, 4.69) is 0 Å². The van der Waals surface area contributed by atoms with Crippen LogP contribution < -0.4 is 5.73 Å². The second kappa shape index (κ2) is 4.98. The van der Waals surface area contributed by atoms with E-state index < -0.39 is 6.10 Å². The molecule has 14 heavy (non-hydrogen) atoms. The van der Waals surface area contributed by atoms with Gasteiger partial charge in [-0.15, -0.1) is 0 Å². The Labute approximate surface area is 84.2 Å². The zero-order chi connectivity index (χ0) is 10.6. The minimum Gasteiger partial charge on any atom is -0.508 e. The van der Waals surface area contributed by atoms with Crippen LogP contribution in [0.5, 0.6) is 5.75 Å². The summed E-state index contributed by atoms with van der Waals surface area (Å²) in [5.74, 6) is 0.470. The van der Waals surface area contributed by atoms with Gasteiger partial charge in [0.05, 0.1) is 6.10 Å². The summed E-state index contributed by atoms with van der Waals surface area (Å²) in [6.45, 7) is 2.29. The molecule has 0 aliphatic heterocycles. The molecule has 78 valence electrons. The Morgan fingerprint density at radius 3 is 2.71 bits per heavy atom. The van der Waals surface area contributed by atoms with E-state index in [1.807, 2.05) is 13.0 Å². The number of aliphatic hydroxyl groups is 1. The molecule has 3 heteroatoms. The van der Waals surface area contributed by atoms with Crippen molar-refractivity contribution < 1.29 is 10.2 Å². The first-order chi connectivity index (χ1) is 6.63. The van der Waals surface area contributed by atoms with Crippen molar-refractivity contribution in [1.82, 2.24) is 0 Å². The number of nitrogens with two attached hydrogens (primary N) is 1. The van der Waals surface area contributed by atoms with Gasteiger partial charge in [-0.05, 0) is 30.0 Å². The lowest BCUT2D eigenvalue weighted by atomic mass is 9.95. The molecule has 0 aromatic heterocycles. The lowest BCUT2D eigenvalue weighted by Gasteiger charge is -2.15. The number of phenols is 1. The first-order valence-corrected chi connectivity index (χ1v) is 4.80. The molecule has 1 rings (SSSR count). The van der Waals surface area contributed by atoms with Crippen LogP contribution in [0.1, 0.15) is 24.8 Å². The van der Waals surface area contributed by atoms with Crippen LogP contribution in [0.25, 0.3) is 0 Å². The Morgan fingerprint density at radius 2 is 2.14 bits per heavy atom. The standard InChI is InChI=1S/C11H17NO2/c1-8(5-11(14)7-12)9-3-2-4-10(13)6-9/h2-4,6,8,11,13-14H,5,7,12H2,1H3. The highest BCUT2D eigenvalue weighted by Crippen LogP contribution is 2.23. The second-order valence-corrected chi connectivity index (χ2v) is 3.62. The lowest BCUT2D eigenvalue weighted by Crippen LogP contribution is -2.21. The largest absolute Gasteiger partial charge is 0.508 e. The van der Waals surface area contributed by atoms with Crippen LogP contribution in [-0.4, -0.2) is 22.9 Å². The van der Waals surface area contributed by atoms with E-state index in [1.54, 1.807) is 18.2 Å². The van der Waals surface area contributed by atoms with Gasteiger partial charge in [-0.3, -0.25) is 0 Å². The number of rotatable bonds is 4. The summed E-state index contributed by atoms with van der Waals surface area (Å²) in [5, 5.41) is 18.6. The Bertz CT molecular complexity index is 288. The van der Waals surface area contributed by atoms with Crippen LogP contribution in [-0.2, 0) is 0 Å². The number of aliphatic hydroxyl groups excluding tert-OH is 1. The summed E-state index contributed by atoms with van der Waals surface area (Å²) in [4.78, 5) is 0. The molecule has 0 bridgehead atoms. The van der Waals surface area contributed by atoms with Crippen molar-refractivity contribution in [3.63, 3.8) is 0 Å². The average Bonchev–Trinajstić information content (AvgIpc) is 2.17. The number of hydrogen-bond acceptors (Lipinski definition) is 3. The van der Waals surface area contributed by atoms with Crippen LogP contribution >= 0.6 is 0 Å². The number of phenolic OH excluding ortho intramolecular Hbond substituents is 1. The van der Waals surface area contributed by atoms with Crippen molar-refractivity contribution in [3.05, 3.63) is 29.8 Å². The fourth-order valence-electron chi connectivity index (χ4n) is 1.47. The minimum absolute atomic E-state index is 0.209. The monoisotopic (exact) mass is 195 g/mol. The maximum atomic E-state index is 9.37. The molecule has 2 unspecified atom stereocenters. The molecule has 4 N–H and O–H groups in total. The third-order valence-electron chi connectivity index (χ3n) is 2.34. The summed E-state index contributed by atoms with van der Waals surface area (Å²) in [6, 6.07) is 7.09. The van der Waals surface area contributed by atoms with E-state index in [0.717, 1.165) is 5.56 Å². The molecule has 0 radical (unpaired) electrons. The van der Waals surface area contributed by atoms with Crippen molar-refractivity contribution in [3.8, 4) is 5.75 Å². The first kappa shape index (κ1) is 11.0. The molecular weight excluding hydrogens is 178 g/mol. The van der Waals surface area contributed by atoms with Crippen LogP contribution in [0, 0.1) is 0 Å². The molecule has 3 nitrogen and oxygen atoms in total. The first-order valence-electron chi connectivity index (χ1n) is 4.80. The fourth-order valence-corrected chi connectivity index (χ4v) is 1.47. The molecule has 1 aromatic rings. The van der Waals surface area contributed by atoms with Gasteiger partial charge >= 0.3 is 0 Å². The van der Waals surface area contributed by atoms with Gasteiger partial charge in [0.25, 0.3) is 0 Å². The Kier molecular flexibility index (Phi) is 3.92. The van der Waals surface area contributed by atoms with Crippen LogP contribution in [0.4, 0.5) is 0 Å². The van der Waals surface area contributed by atoms with E-state index in [1.165, 1.54) is 0 Å². The Hall–Kier alpha value is -1.06. The van der Waals surface area contributed by atoms with Gasteiger partial charge in [-0.25, -0.2) is 0 Å². The van der Waals surface area contributed by atoms with E-state index in [0.29, 0.717) is 6.42 Å². The third kappa shape index (κ3) is 3.01. The van der Waals surface area contributed by atoms with Gasteiger partial charge < -0.3 is 15.9 Å². The minimum atomic E-state index is -0.465. The van der Waals surface area contributed by atoms with E-state index in [9.17, 15) is 10.2 Å². The van der Waals surface area contributed by atoms with Gasteiger partial charge in [0.15, 0.2) is 0 Å². The molecule has 0 saturated carbocycles. The molecule has 0 saturated heterocycles. The zero-order valence-corrected chi connectivity index (χ0v) is 8.35. The predicted molar refractivity (Wildman–Crippen MR) is 56.2 cm³/mol. The second-order valence-electron chi connectivity index (χ2n) is 3.62. The van der Waals surface area contributed by atoms with Crippen LogP contribution in [0.15, 0.2) is 24.3 Å². The molecule has 0 aliphatic rings. The highest BCUT2D eigenvalue weighted by atomic mass is 16.3. The normalized spacial score (nSPS) is 15.1. The van der Waals surface area contributed by atoms with Crippen molar-refractivity contribution >= 4 is 0 Å². The van der Waals surface area contributed by atoms with Crippen LogP contribution in [0.3, 0.4) is 0 Å². The average molecular weight is 195 g/mol. The maximum Gasteiger partial charge on any atom is 0.115 e. The van der Waals surface area contributed by atoms with E-state index in [4.69, 9.17) is 5.73 Å². The Balaban J connectivity index is 2.64. The molecule has 0 amide bonds. The number of aromatic hydroxyl groups is 1. The molecule has 0 fully saturated rings. The fraction of sp³-hybridized carbons (Fsp3) is 0.455. The lowest BCUT2D eigenvalue weighted by molar-refractivity contribution is 0.165. The smallest absolute Gasteiger partial charge is 0.115 e. The molecule has 0 heterocycles. The van der Waals surface area contributed by atoms with Gasteiger partial charge in [0, 0.05) is 6.54 Å². The molecule has 0 spiro atoms. The molecular formula is C11H17NO2. The van der Waals surface area contributed by atoms with E-state index >= 15 is 0 Å². The maximum absolute atomic E-state index is 9.37. The Morgan fingerprint density at radius 1 is 1.43 bits per heavy atom. The van der Waals surface area contributed by atoms with Crippen molar-refractivity contribution in [1.29, 1.82) is 0 Å². The van der Waals surface area contributed by atoms with Gasteiger partial charge in [-0.2, -0.15) is 0 Å². The van der Waals surface area contributed by atoms with Gasteiger partial charge in [0.2, 0.25) is 0 Å². The summed E-state index contributed by atoms with van der Waals surface area (Å²) in [6.07, 6.45) is 0.160. The van der Waals surface area contributed by atoms with Gasteiger partial charge in [-0.1, -0.05) is 19.1 Å². The molecule has 1 aromatic carbocycles. The van der Waals surface area contributed by atoms with Crippen molar-refractivity contribution in [2.24, 2.45) is 5.73 Å². The highest BCUT2D eigenvalue weighted by Gasteiger charge is 2.10.